The van der Waals surface area contributed by atoms with Gasteiger partial charge in [-0.15, -0.1) is 13.2 Å². The van der Waals surface area contributed by atoms with Crippen LogP contribution in [0.4, 0.5) is 13.2 Å². The number of alkyl halides is 3. The highest BCUT2D eigenvalue weighted by molar-refractivity contribution is 5.76. The van der Waals surface area contributed by atoms with Crippen LogP contribution in [0.1, 0.15) is 24.4 Å². The van der Waals surface area contributed by atoms with Crippen LogP contribution >= 0.6 is 0 Å². The van der Waals surface area contributed by atoms with Crippen molar-refractivity contribution in [1.29, 1.82) is 0 Å². The fraction of sp³-hybridized carbons (Fsp3) is 0.462. The first kappa shape index (κ1) is 14.6. The van der Waals surface area contributed by atoms with E-state index in [4.69, 9.17) is 0 Å². The summed E-state index contributed by atoms with van der Waals surface area (Å²) in [6, 6.07) is 4.06. The SMILES string of the molecule is O=C(O)C(NCC1CC1)c1ccccc1OC(F)(F)F. The minimum Gasteiger partial charge on any atom is -0.480 e. The number of halogens is 3. The second-order valence-corrected chi connectivity index (χ2v) is 4.71. The summed E-state index contributed by atoms with van der Waals surface area (Å²) in [6.07, 6.45) is -2.82. The van der Waals surface area contributed by atoms with Crippen LogP contribution in [0.3, 0.4) is 0 Å². The maximum atomic E-state index is 12.3. The van der Waals surface area contributed by atoms with Crippen LogP contribution in [-0.4, -0.2) is 24.0 Å². The molecular weight excluding hydrogens is 275 g/mol. The zero-order valence-corrected chi connectivity index (χ0v) is 10.5. The monoisotopic (exact) mass is 289 g/mol. The van der Waals surface area contributed by atoms with Gasteiger partial charge >= 0.3 is 12.3 Å². The minimum absolute atomic E-state index is 0.0297. The molecule has 1 saturated carbocycles. The van der Waals surface area contributed by atoms with Gasteiger partial charge in [-0.05, 0) is 31.4 Å². The van der Waals surface area contributed by atoms with Gasteiger partial charge in [0.1, 0.15) is 11.8 Å². The molecule has 20 heavy (non-hydrogen) atoms. The molecule has 0 radical (unpaired) electrons. The molecule has 0 aromatic heterocycles. The van der Waals surface area contributed by atoms with E-state index in [1.807, 2.05) is 0 Å². The Balaban J connectivity index is 2.19. The van der Waals surface area contributed by atoms with Crippen molar-refractivity contribution in [3.8, 4) is 5.75 Å². The van der Waals surface area contributed by atoms with Crippen molar-refractivity contribution in [2.45, 2.75) is 25.2 Å². The highest BCUT2D eigenvalue weighted by Gasteiger charge is 2.34. The summed E-state index contributed by atoms with van der Waals surface area (Å²) in [5.74, 6) is -1.31. The molecular formula is C13H14F3NO3. The lowest BCUT2D eigenvalue weighted by atomic mass is 10.1. The summed E-state index contributed by atoms with van der Waals surface area (Å²) in [5, 5.41) is 12.0. The average molecular weight is 289 g/mol. The van der Waals surface area contributed by atoms with Crippen LogP contribution in [0.5, 0.6) is 5.75 Å². The average Bonchev–Trinajstić information content (AvgIpc) is 3.13. The topological polar surface area (TPSA) is 58.6 Å². The van der Waals surface area contributed by atoms with Crippen molar-refractivity contribution < 1.29 is 27.8 Å². The van der Waals surface area contributed by atoms with Crippen LogP contribution in [-0.2, 0) is 4.79 Å². The Labute approximate surface area is 113 Å². The lowest BCUT2D eigenvalue weighted by molar-refractivity contribution is -0.275. The van der Waals surface area contributed by atoms with Gasteiger partial charge in [-0.25, -0.2) is 0 Å². The molecule has 7 heteroatoms. The van der Waals surface area contributed by atoms with Crippen molar-refractivity contribution in [3.63, 3.8) is 0 Å². The second kappa shape index (κ2) is 5.70. The maximum Gasteiger partial charge on any atom is 0.573 e. The number of aliphatic carboxylic acids is 1. The van der Waals surface area contributed by atoms with E-state index in [1.54, 1.807) is 0 Å². The van der Waals surface area contributed by atoms with Gasteiger partial charge in [0.15, 0.2) is 0 Å². The number of para-hydroxylation sites is 1. The molecule has 1 fully saturated rings. The quantitative estimate of drug-likeness (QED) is 0.845. The van der Waals surface area contributed by atoms with E-state index >= 15 is 0 Å². The fourth-order valence-corrected chi connectivity index (χ4v) is 1.87. The number of carbonyl (C=O) groups is 1. The number of hydrogen-bond donors (Lipinski definition) is 2. The third-order valence-corrected chi connectivity index (χ3v) is 3.01. The Kier molecular flexibility index (Phi) is 4.17. The summed E-state index contributed by atoms with van der Waals surface area (Å²) in [6.45, 7) is 0.470. The van der Waals surface area contributed by atoms with Crippen LogP contribution in [0, 0.1) is 5.92 Å². The van der Waals surface area contributed by atoms with Crippen LogP contribution in [0.25, 0.3) is 0 Å². The molecule has 0 spiro atoms. The Morgan fingerprint density at radius 3 is 2.60 bits per heavy atom. The molecule has 4 nitrogen and oxygen atoms in total. The summed E-state index contributed by atoms with van der Waals surface area (Å²) >= 11 is 0. The number of nitrogens with one attached hydrogen (secondary N) is 1. The first-order valence-corrected chi connectivity index (χ1v) is 6.17. The summed E-state index contributed by atoms with van der Waals surface area (Å²) in [5.41, 5.74) is -0.0297. The Morgan fingerprint density at radius 2 is 2.05 bits per heavy atom. The molecule has 0 saturated heterocycles. The highest BCUT2D eigenvalue weighted by Crippen LogP contribution is 2.32. The van der Waals surface area contributed by atoms with E-state index in [0.29, 0.717) is 12.5 Å². The van der Waals surface area contributed by atoms with E-state index < -0.39 is 24.1 Å². The number of ether oxygens (including phenoxy) is 1. The normalized spacial score (nSPS) is 16.8. The first-order valence-electron chi connectivity index (χ1n) is 6.17. The molecule has 1 aromatic carbocycles. The molecule has 1 unspecified atom stereocenters. The number of carboxylic acids is 1. The molecule has 0 bridgehead atoms. The number of rotatable bonds is 6. The predicted molar refractivity (Wildman–Crippen MR) is 64.2 cm³/mol. The van der Waals surface area contributed by atoms with Crippen molar-refractivity contribution in [3.05, 3.63) is 29.8 Å². The summed E-state index contributed by atoms with van der Waals surface area (Å²) in [4.78, 5) is 11.3. The molecule has 110 valence electrons. The zero-order valence-electron chi connectivity index (χ0n) is 10.5. The molecule has 2 N–H and O–H groups in total. The fourth-order valence-electron chi connectivity index (χ4n) is 1.87. The molecule has 1 aliphatic rings. The van der Waals surface area contributed by atoms with E-state index in [9.17, 15) is 23.1 Å². The van der Waals surface area contributed by atoms with Crippen molar-refractivity contribution in [2.24, 2.45) is 5.92 Å². The largest absolute Gasteiger partial charge is 0.573 e. The number of carboxylic acid groups (broad SMARTS) is 1. The van der Waals surface area contributed by atoms with Gasteiger partial charge < -0.3 is 15.2 Å². The van der Waals surface area contributed by atoms with E-state index in [0.717, 1.165) is 18.9 Å². The standard InChI is InChI=1S/C13H14F3NO3/c14-13(15,16)20-10-4-2-1-3-9(10)11(12(18)19)17-7-8-5-6-8/h1-4,8,11,17H,5-7H2,(H,18,19). The van der Waals surface area contributed by atoms with Crippen molar-refractivity contribution >= 4 is 5.97 Å². The Morgan fingerprint density at radius 1 is 1.40 bits per heavy atom. The molecule has 2 rings (SSSR count). The second-order valence-electron chi connectivity index (χ2n) is 4.71. The molecule has 0 amide bonds. The van der Waals surface area contributed by atoms with Gasteiger partial charge in [0.05, 0.1) is 0 Å². The van der Waals surface area contributed by atoms with Crippen LogP contribution < -0.4 is 10.1 Å². The van der Waals surface area contributed by atoms with Crippen LogP contribution in [0.15, 0.2) is 24.3 Å². The zero-order chi connectivity index (χ0) is 14.8. The molecule has 1 aromatic rings. The predicted octanol–water partition coefficient (Wildman–Crippen LogP) is 2.71. The van der Waals surface area contributed by atoms with E-state index in [1.165, 1.54) is 18.2 Å². The number of hydrogen-bond acceptors (Lipinski definition) is 3. The molecule has 0 heterocycles. The van der Waals surface area contributed by atoms with E-state index in [2.05, 4.69) is 10.1 Å². The molecule has 0 aliphatic heterocycles. The third-order valence-electron chi connectivity index (χ3n) is 3.01. The maximum absolute atomic E-state index is 12.3. The van der Waals surface area contributed by atoms with Crippen LogP contribution in [0.2, 0.25) is 0 Å². The number of benzene rings is 1. The van der Waals surface area contributed by atoms with Gasteiger partial charge in [0.25, 0.3) is 0 Å². The highest BCUT2D eigenvalue weighted by atomic mass is 19.4. The smallest absolute Gasteiger partial charge is 0.480 e. The van der Waals surface area contributed by atoms with Gasteiger partial charge in [-0.1, -0.05) is 18.2 Å². The Hall–Kier alpha value is -1.76. The van der Waals surface area contributed by atoms with Gasteiger partial charge in [0.2, 0.25) is 0 Å². The lowest BCUT2D eigenvalue weighted by Gasteiger charge is -2.19. The van der Waals surface area contributed by atoms with Gasteiger partial charge in [-0.2, -0.15) is 0 Å². The molecule has 1 atom stereocenters. The van der Waals surface area contributed by atoms with Gasteiger partial charge in [0, 0.05) is 5.56 Å². The van der Waals surface area contributed by atoms with Gasteiger partial charge in [-0.3, -0.25) is 4.79 Å². The summed E-state index contributed by atoms with van der Waals surface area (Å²) in [7, 11) is 0. The van der Waals surface area contributed by atoms with E-state index in [-0.39, 0.29) is 5.56 Å². The third kappa shape index (κ3) is 4.12. The van der Waals surface area contributed by atoms with Crippen molar-refractivity contribution in [2.75, 3.05) is 6.54 Å². The van der Waals surface area contributed by atoms with Crippen molar-refractivity contribution in [1.82, 2.24) is 5.32 Å². The first-order chi connectivity index (χ1) is 9.37. The minimum atomic E-state index is -4.85. The Bertz CT molecular complexity index is 486. The summed E-state index contributed by atoms with van der Waals surface area (Å²) < 4.78 is 40.8. The lowest BCUT2D eigenvalue weighted by Crippen LogP contribution is -2.31. The molecule has 1 aliphatic carbocycles.